The standard InChI is InChI=1S/C18H26N2O2/c1-3-4-5-6-7-8-11-19-18(21)13-16-15-12-14(2)9-10-17(15)22-20-16/h9-10,12H,3-8,11,13H2,1-2H3,(H,19,21). The van der Waals surface area contributed by atoms with Crippen molar-refractivity contribution in [2.75, 3.05) is 6.54 Å². The molecule has 1 amide bonds. The van der Waals surface area contributed by atoms with Gasteiger partial charge in [0, 0.05) is 11.9 Å². The summed E-state index contributed by atoms with van der Waals surface area (Å²) in [4.78, 5) is 12.0. The van der Waals surface area contributed by atoms with E-state index in [4.69, 9.17) is 4.52 Å². The lowest BCUT2D eigenvalue weighted by atomic mass is 10.1. The molecule has 2 aromatic rings. The molecule has 0 radical (unpaired) electrons. The molecule has 2 rings (SSSR count). The molecule has 4 heteroatoms. The molecule has 0 aliphatic heterocycles. The molecule has 4 nitrogen and oxygen atoms in total. The molecule has 1 N–H and O–H groups in total. The van der Waals surface area contributed by atoms with E-state index in [1.165, 1.54) is 32.1 Å². The number of rotatable bonds is 9. The molecule has 0 bridgehead atoms. The van der Waals surface area contributed by atoms with Crippen LogP contribution in [0.25, 0.3) is 11.0 Å². The maximum absolute atomic E-state index is 12.0. The van der Waals surface area contributed by atoms with Gasteiger partial charge in [-0.3, -0.25) is 4.79 Å². The zero-order valence-electron chi connectivity index (χ0n) is 13.7. The van der Waals surface area contributed by atoms with Crippen molar-refractivity contribution in [2.24, 2.45) is 0 Å². The summed E-state index contributed by atoms with van der Waals surface area (Å²) in [6.45, 7) is 4.99. The summed E-state index contributed by atoms with van der Waals surface area (Å²) in [5.74, 6) is 0.0188. The third-order valence-electron chi connectivity index (χ3n) is 3.88. The Labute approximate surface area is 132 Å². The first-order chi connectivity index (χ1) is 10.7. The van der Waals surface area contributed by atoms with Gasteiger partial charge in [-0.2, -0.15) is 0 Å². The van der Waals surface area contributed by atoms with Gasteiger partial charge in [0.25, 0.3) is 0 Å². The number of nitrogens with one attached hydrogen (secondary N) is 1. The van der Waals surface area contributed by atoms with E-state index in [-0.39, 0.29) is 12.3 Å². The Kier molecular flexibility index (Phi) is 6.44. The van der Waals surface area contributed by atoms with E-state index in [0.717, 1.165) is 35.2 Å². The van der Waals surface area contributed by atoms with Crippen LogP contribution in [0.15, 0.2) is 22.7 Å². The van der Waals surface area contributed by atoms with E-state index < -0.39 is 0 Å². The molecule has 0 atom stereocenters. The van der Waals surface area contributed by atoms with Crippen LogP contribution in [0.3, 0.4) is 0 Å². The second-order valence-corrected chi connectivity index (χ2v) is 5.92. The minimum atomic E-state index is 0.0188. The van der Waals surface area contributed by atoms with Crippen molar-refractivity contribution in [1.29, 1.82) is 0 Å². The molecule has 0 aliphatic rings. The smallest absolute Gasteiger partial charge is 0.226 e. The SMILES string of the molecule is CCCCCCCCNC(=O)Cc1noc2ccc(C)cc12. The fraction of sp³-hybridized carbons (Fsp3) is 0.556. The highest BCUT2D eigenvalue weighted by molar-refractivity contribution is 5.86. The minimum Gasteiger partial charge on any atom is -0.356 e. The van der Waals surface area contributed by atoms with Crippen molar-refractivity contribution in [3.63, 3.8) is 0 Å². The first-order valence-corrected chi connectivity index (χ1v) is 8.32. The molecular weight excluding hydrogens is 276 g/mol. The third kappa shape index (κ3) is 4.86. The average Bonchev–Trinajstić information content (AvgIpc) is 2.88. The molecule has 0 unspecified atom stereocenters. The number of fused-ring (bicyclic) bond motifs is 1. The summed E-state index contributed by atoms with van der Waals surface area (Å²) >= 11 is 0. The lowest BCUT2D eigenvalue weighted by Gasteiger charge is -2.04. The molecule has 22 heavy (non-hydrogen) atoms. The lowest BCUT2D eigenvalue weighted by molar-refractivity contribution is -0.120. The quantitative estimate of drug-likeness (QED) is 0.708. The van der Waals surface area contributed by atoms with Crippen molar-refractivity contribution in [3.8, 4) is 0 Å². The van der Waals surface area contributed by atoms with Crippen molar-refractivity contribution in [1.82, 2.24) is 10.5 Å². The van der Waals surface area contributed by atoms with Gasteiger partial charge in [-0.25, -0.2) is 0 Å². The van der Waals surface area contributed by atoms with Crippen LogP contribution in [0.2, 0.25) is 0 Å². The molecule has 1 aromatic heterocycles. The molecule has 0 saturated carbocycles. The fourth-order valence-corrected chi connectivity index (χ4v) is 2.58. The molecule has 0 aliphatic carbocycles. The first kappa shape index (κ1) is 16.5. The molecule has 120 valence electrons. The maximum atomic E-state index is 12.0. The van der Waals surface area contributed by atoms with Gasteiger partial charge in [-0.15, -0.1) is 0 Å². The number of unbranched alkanes of at least 4 members (excludes halogenated alkanes) is 5. The van der Waals surface area contributed by atoms with Crippen LogP contribution in [0, 0.1) is 6.92 Å². The number of nitrogens with zero attached hydrogens (tertiary/aromatic N) is 1. The van der Waals surface area contributed by atoms with Crippen LogP contribution in [0.4, 0.5) is 0 Å². The zero-order valence-corrected chi connectivity index (χ0v) is 13.7. The minimum absolute atomic E-state index is 0.0188. The molecule has 0 fully saturated rings. The Morgan fingerprint density at radius 2 is 1.95 bits per heavy atom. The highest BCUT2D eigenvalue weighted by atomic mass is 16.5. The van der Waals surface area contributed by atoms with Crippen LogP contribution in [0.1, 0.15) is 56.7 Å². The topological polar surface area (TPSA) is 55.1 Å². The van der Waals surface area contributed by atoms with Crippen molar-refractivity contribution in [2.45, 2.75) is 58.8 Å². The number of amides is 1. The second-order valence-electron chi connectivity index (χ2n) is 5.92. The van der Waals surface area contributed by atoms with E-state index in [9.17, 15) is 4.79 Å². The van der Waals surface area contributed by atoms with Gasteiger partial charge in [-0.1, -0.05) is 55.8 Å². The van der Waals surface area contributed by atoms with Gasteiger partial charge < -0.3 is 9.84 Å². The number of carbonyl (C=O) groups is 1. The Morgan fingerprint density at radius 3 is 2.77 bits per heavy atom. The number of hydrogen-bond acceptors (Lipinski definition) is 3. The van der Waals surface area contributed by atoms with Crippen LogP contribution in [-0.4, -0.2) is 17.6 Å². The predicted octanol–water partition coefficient (Wildman–Crippen LogP) is 4.16. The summed E-state index contributed by atoms with van der Waals surface area (Å²) in [7, 11) is 0. The highest BCUT2D eigenvalue weighted by Gasteiger charge is 2.12. The summed E-state index contributed by atoms with van der Waals surface area (Å²) in [5, 5.41) is 7.93. The highest BCUT2D eigenvalue weighted by Crippen LogP contribution is 2.20. The summed E-state index contributed by atoms with van der Waals surface area (Å²) in [6.07, 6.45) is 7.66. The zero-order chi connectivity index (χ0) is 15.8. The number of carbonyl (C=O) groups excluding carboxylic acids is 1. The van der Waals surface area contributed by atoms with Gasteiger partial charge in [0.2, 0.25) is 5.91 Å². The summed E-state index contributed by atoms with van der Waals surface area (Å²) in [6, 6.07) is 5.90. The number of aromatic nitrogens is 1. The van der Waals surface area contributed by atoms with Crippen molar-refractivity contribution < 1.29 is 9.32 Å². The number of benzene rings is 1. The van der Waals surface area contributed by atoms with E-state index in [1.54, 1.807) is 0 Å². The summed E-state index contributed by atoms with van der Waals surface area (Å²) < 4.78 is 5.26. The maximum Gasteiger partial charge on any atom is 0.226 e. The van der Waals surface area contributed by atoms with Gasteiger partial charge >= 0.3 is 0 Å². The van der Waals surface area contributed by atoms with E-state index in [0.29, 0.717) is 0 Å². The molecule has 0 saturated heterocycles. The largest absolute Gasteiger partial charge is 0.356 e. The predicted molar refractivity (Wildman–Crippen MR) is 88.8 cm³/mol. The molecule has 0 spiro atoms. The van der Waals surface area contributed by atoms with E-state index in [1.807, 2.05) is 25.1 Å². The van der Waals surface area contributed by atoms with Crippen molar-refractivity contribution >= 4 is 16.9 Å². The lowest BCUT2D eigenvalue weighted by Crippen LogP contribution is -2.26. The van der Waals surface area contributed by atoms with Crippen LogP contribution in [0.5, 0.6) is 0 Å². The van der Waals surface area contributed by atoms with Gasteiger partial charge in [0.1, 0.15) is 5.69 Å². The average molecular weight is 302 g/mol. The monoisotopic (exact) mass is 302 g/mol. The molecular formula is C18H26N2O2. The fourth-order valence-electron chi connectivity index (χ4n) is 2.58. The van der Waals surface area contributed by atoms with Gasteiger partial charge in [0.05, 0.1) is 6.42 Å². The Hall–Kier alpha value is -1.84. The number of hydrogen-bond donors (Lipinski definition) is 1. The van der Waals surface area contributed by atoms with E-state index >= 15 is 0 Å². The molecule has 1 heterocycles. The Bertz CT molecular complexity index is 604. The second kappa shape index (κ2) is 8.57. The van der Waals surface area contributed by atoms with Crippen molar-refractivity contribution in [3.05, 3.63) is 29.5 Å². The van der Waals surface area contributed by atoms with Gasteiger partial charge in [0.15, 0.2) is 5.58 Å². The first-order valence-electron chi connectivity index (χ1n) is 8.32. The van der Waals surface area contributed by atoms with Crippen LogP contribution < -0.4 is 5.32 Å². The molecule has 1 aromatic carbocycles. The normalized spacial score (nSPS) is 11.0. The third-order valence-corrected chi connectivity index (χ3v) is 3.88. The number of aryl methyl sites for hydroxylation is 1. The van der Waals surface area contributed by atoms with Crippen LogP contribution in [-0.2, 0) is 11.2 Å². The Balaban J connectivity index is 1.73. The van der Waals surface area contributed by atoms with Gasteiger partial charge in [-0.05, 0) is 25.5 Å². The van der Waals surface area contributed by atoms with Crippen LogP contribution >= 0.6 is 0 Å². The summed E-state index contributed by atoms with van der Waals surface area (Å²) in [5.41, 5.74) is 2.60. The van der Waals surface area contributed by atoms with E-state index in [2.05, 4.69) is 17.4 Å². The Morgan fingerprint density at radius 1 is 1.18 bits per heavy atom.